The van der Waals surface area contributed by atoms with Crippen molar-refractivity contribution < 1.29 is 13.2 Å². The summed E-state index contributed by atoms with van der Waals surface area (Å²) in [5, 5.41) is 2.85. The Bertz CT molecular complexity index is 752. The molecule has 1 aliphatic carbocycles. The molecule has 0 saturated heterocycles. The van der Waals surface area contributed by atoms with Crippen LogP contribution in [0.3, 0.4) is 0 Å². The van der Waals surface area contributed by atoms with Crippen LogP contribution in [0.25, 0.3) is 0 Å². The summed E-state index contributed by atoms with van der Waals surface area (Å²) in [6.07, 6.45) is 8.91. The van der Waals surface area contributed by atoms with Crippen molar-refractivity contribution in [3.05, 3.63) is 41.5 Å². The second-order valence-corrected chi connectivity index (χ2v) is 9.58. The van der Waals surface area contributed by atoms with Crippen molar-refractivity contribution in [2.45, 2.75) is 58.3 Å². The molecule has 0 aromatic heterocycles. The number of benzene rings is 1. The van der Waals surface area contributed by atoms with Crippen molar-refractivity contribution in [2.75, 3.05) is 24.7 Å². The van der Waals surface area contributed by atoms with E-state index in [9.17, 15) is 13.2 Å². The number of carbonyl (C=O) groups is 1. The van der Waals surface area contributed by atoms with E-state index in [1.54, 1.807) is 0 Å². The first-order chi connectivity index (χ1) is 12.8. The second kappa shape index (κ2) is 10.0. The van der Waals surface area contributed by atoms with Gasteiger partial charge in [0.05, 0.1) is 6.26 Å². The highest BCUT2D eigenvalue weighted by molar-refractivity contribution is 7.88. The minimum Gasteiger partial charge on any atom is -0.326 e. The Labute approximate surface area is 163 Å². The first-order valence-corrected chi connectivity index (χ1v) is 11.6. The summed E-state index contributed by atoms with van der Waals surface area (Å²) in [6, 6.07) is 7.77. The van der Waals surface area contributed by atoms with Crippen LogP contribution in [0, 0.1) is 0 Å². The lowest BCUT2D eigenvalue weighted by atomic mass is 9.97. The molecule has 0 unspecified atom stereocenters. The van der Waals surface area contributed by atoms with Gasteiger partial charge < -0.3 is 5.32 Å². The molecule has 0 radical (unpaired) electrons. The fourth-order valence-corrected chi connectivity index (χ4v) is 4.09. The standard InChI is InChI=1S/C21H32N2O3S/c1-17(2)19-9-11-20(12-10-19)22-21(24)14-16-23(27(3,25)26)15-13-18-7-5-4-6-8-18/h7,9-12,17H,4-6,8,13-16H2,1-3H3,(H,22,24). The third-order valence-corrected chi connectivity index (χ3v) is 6.29. The van der Waals surface area contributed by atoms with Gasteiger partial charge in [-0.1, -0.05) is 37.6 Å². The van der Waals surface area contributed by atoms with Gasteiger partial charge in [-0.2, -0.15) is 0 Å². The fraction of sp³-hybridized carbons (Fsp3) is 0.571. The maximum absolute atomic E-state index is 12.2. The molecule has 1 aromatic rings. The van der Waals surface area contributed by atoms with Gasteiger partial charge >= 0.3 is 0 Å². The van der Waals surface area contributed by atoms with E-state index in [2.05, 4.69) is 25.2 Å². The van der Waals surface area contributed by atoms with Crippen molar-refractivity contribution in [3.8, 4) is 0 Å². The Hall–Kier alpha value is -1.66. The SMILES string of the molecule is CC(C)c1ccc(NC(=O)CCN(CCC2=CCCCC2)S(C)(=O)=O)cc1. The van der Waals surface area contributed by atoms with E-state index in [1.165, 1.54) is 34.5 Å². The molecule has 1 N–H and O–H groups in total. The summed E-state index contributed by atoms with van der Waals surface area (Å²) >= 11 is 0. The minimum atomic E-state index is -3.32. The number of amides is 1. The highest BCUT2D eigenvalue weighted by Crippen LogP contribution is 2.21. The van der Waals surface area contributed by atoms with E-state index in [4.69, 9.17) is 0 Å². The van der Waals surface area contributed by atoms with Crippen LogP contribution in [0.4, 0.5) is 5.69 Å². The summed E-state index contributed by atoms with van der Waals surface area (Å²) in [4.78, 5) is 12.2. The highest BCUT2D eigenvalue weighted by atomic mass is 32.2. The van der Waals surface area contributed by atoms with E-state index < -0.39 is 10.0 Å². The van der Waals surface area contributed by atoms with Crippen molar-refractivity contribution >= 4 is 21.6 Å². The van der Waals surface area contributed by atoms with Crippen LogP contribution in [0.2, 0.25) is 0 Å². The van der Waals surface area contributed by atoms with Crippen molar-refractivity contribution in [1.82, 2.24) is 4.31 Å². The average Bonchev–Trinajstić information content (AvgIpc) is 2.62. The second-order valence-electron chi connectivity index (χ2n) is 7.60. The van der Waals surface area contributed by atoms with Crippen LogP contribution in [0.1, 0.15) is 63.9 Å². The maximum Gasteiger partial charge on any atom is 0.225 e. The molecule has 5 nitrogen and oxygen atoms in total. The highest BCUT2D eigenvalue weighted by Gasteiger charge is 2.18. The van der Waals surface area contributed by atoms with Gasteiger partial charge in [0.15, 0.2) is 0 Å². The van der Waals surface area contributed by atoms with Gasteiger partial charge in [0.25, 0.3) is 0 Å². The van der Waals surface area contributed by atoms with Gasteiger partial charge in [0.2, 0.25) is 15.9 Å². The summed E-state index contributed by atoms with van der Waals surface area (Å²) in [5.74, 6) is 0.273. The molecule has 6 heteroatoms. The molecular formula is C21H32N2O3S. The Morgan fingerprint density at radius 3 is 2.41 bits per heavy atom. The summed E-state index contributed by atoms with van der Waals surface area (Å²) in [7, 11) is -3.32. The zero-order chi connectivity index (χ0) is 19.9. The van der Waals surface area contributed by atoms with Crippen LogP contribution in [-0.4, -0.2) is 38.0 Å². The Balaban J connectivity index is 1.86. The van der Waals surface area contributed by atoms with Crippen LogP contribution < -0.4 is 5.32 Å². The molecule has 150 valence electrons. The summed E-state index contributed by atoms with van der Waals surface area (Å²) in [6.45, 7) is 4.90. The lowest BCUT2D eigenvalue weighted by Gasteiger charge is -2.21. The Morgan fingerprint density at radius 2 is 1.85 bits per heavy atom. The fourth-order valence-electron chi connectivity index (χ4n) is 3.24. The van der Waals surface area contributed by atoms with E-state index in [0.717, 1.165) is 24.9 Å². The predicted octanol–water partition coefficient (Wildman–Crippen LogP) is 4.29. The van der Waals surface area contributed by atoms with Gasteiger partial charge in [0, 0.05) is 25.2 Å². The Morgan fingerprint density at radius 1 is 1.15 bits per heavy atom. The van der Waals surface area contributed by atoms with Gasteiger partial charge in [-0.05, 0) is 55.7 Å². The number of anilines is 1. The third kappa shape index (κ3) is 7.46. The molecule has 0 atom stereocenters. The van der Waals surface area contributed by atoms with Crippen LogP contribution in [-0.2, 0) is 14.8 Å². The number of nitrogens with one attached hydrogen (secondary N) is 1. The van der Waals surface area contributed by atoms with Crippen molar-refractivity contribution in [2.24, 2.45) is 0 Å². The maximum atomic E-state index is 12.2. The van der Waals surface area contributed by atoms with Crippen LogP contribution in [0.15, 0.2) is 35.9 Å². The van der Waals surface area contributed by atoms with Crippen molar-refractivity contribution in [3.63, 3.8) is 0 Å². The molecular weight excluding hydrogens is 360 g/mol. The molecule has 0 fully saturated rings. The lowest BCUT2D eigenvalue weighted by molar-refractivity contribution is -0.116. The minimum absolute atomic E-state index is 0.151. The van der Waals surface area contributed by atoms with Crippen molar-refractivity contribution in [1.29, 1.82) is 0 Å². The molecule has 0 saturated carbocycles. The Kier molecular flexibility index (Phi) is 8.05. The van der Waals surface area contributed by atoms with E-state index in [0.29, 0.717) is 12.5 Å². The monoisotopic (exact) mass is 392 g/mol. The average molecular weight is 393 g/mol. The summed E-state index contributed by atoms with van der Waals surface area (Å²) in [5.41, 5.74) is 3.29. The topological polar surface area (TPSA) is 66.5 Å². The first-order valence-electron chi connectivity index (χ1n) is 9.78. The lowest BCUT2D eigenvalue weighted by Crippen LogP contribution is -2.34. The number of carbonyl (C=O) groups excluding carboxylic acids is 1. The first kappa shape index (κ1) is 21.6. The number of allylic oxidation sites excluding steroid dienone is 1. The van der Waals surface area contributed by atoms with Gasteiger partial charge in [0.1, 0.15) is 0 Å². The number of hydrogen-bond acceptors (Lipinski definition) is 3. The van der Waals surface area contributed by atoms with Gasteiger partial charge in [-0.15, -0.1) is 0 Å². The van der Waals surface area contributed by atoms with Gasteiger partial charge in [-0.25, -0.2) is 12.7 Å². The number of nitrogens with zero attached hydrogens (tertiary/aromatic N) is 1. The quantitative estimate of drug-likeness (QED) is 0.638. The predicted molar refractivity (Wildman–Crippen MR) is 111 cm³/mol. The number of hydrogen-bond donors (Lipinski definition) is 1. The van der Waals surface area contributed by atoms with Crippen LogP contribution in [0.5, 0.6) is 0 Å². The number of sulfonamides is 1. The summed E-state index contributed by atoms with van der Waals surface area (Å²) < 4.78 is 25.5. The van der Waals surface area contributed by atoms with E-state index in [-0.39, 0.29) is 18.9 Å². The zero-order valence-electron chi connectivity index (χ0n) is 16.7. The van der Waals surface area contributed by atoms with E-state index in [1.807, 2.05) is 24.3 Å². The molecule has 27 heavy (non-hydrogen) atoms. The smallest absolute Gasteiger partial charge is 0.225 e. The molecule has 1 aromatic carbocycles. The van der Waals surface area contributed by atoms with Gasteiger partial charge in [-0.3, -0.25) is 4.79 Å². The molecule has 0 spiro atoms. The molecule has 0 bridgehead atoms. The molecule has 1 aliphatic rings. The molecule has 0 aliphatic heterocycles. The molecule has 1 amide bonds. The largest absolute Gasteiger partial charge is 0.326 e. The van der Waals surface area contributed by atoms with Crippen LogP contribution >= 0.6 is 0 Å². The van der Waals surface area contributed by atoms with E-state index >= 15 is 0 Å². The normalized spacial score (nSPS) is 15.1. The third-order valence-electron chi connectivity index (χ3n) is 4.99. The molecule has 2 rings (SSSR count). The zero-order valence-corrected chi connectivity index (χ0v) is 17.5. The molecule has 0 heterocycles. The number of rotatable bonds is 9.